The minimum absolute atomic E-state index is 0.135. The van der Waals surface area contributed by atoms with Crippen molar-refractivity contribution in [3.05, 3.63) is 65.2 Å². The molecule has 0 saturated carbocycles. The van der Waals surface area contributed by atoms with Gasteiger partial charge in [-0.3, -0.25) is 0 Å². The van der Waals surface area contributed by atoms with Crippen molar-refractivity contribution < 1.29 is 84.5 Å². The maximum atomic E-state index is 14.4. The number of hydrogen-bond donors (Lipinski definition) is 2. The van der Waals surface area contributed by atoms with Crippen molar-refractivity contribution in [2.45, 2.75) is 54.2 Å². The van der Waals surface area contributed by atoms with Crippen molar-refractivity contribution in [2.24, 2.45) is 0 Å². The summed E-state index contributed by atoms with van der Waals surface area (Å²) in [7, 11) is 0. The maximum absolute atomic E-state index is 14.4. The van der Waals surface area contributed by atoms with E-state index in [0.717, 1.165) is 12.1 Å². The van der Waals surface area contributed by atoms with E-state index in [-0.39, 0.29) is 29.9 Å². The minimum atomic E-state index is -8.68. The SMILES string of the molecule is O=C(O)c1ccc(CNc2ccc(C(F)(F)C(F)(F)C(F)(F)C(F)(F)C(F)(F)C(F)(F)C(F)(F)C(F)(F)F)cc2)cc1. The third-order valence-corrected chi connectivity index (χ3v) is 5.67. The Morgan fingerprint density at radius 2 is 0.929 bits per heavy atom. The molecule has 0 spiro atoms. The number of benzene rings is 2. The second-order valence-electron chi connectivity index (χ2n) is 8.45. The number of halogens is 17. The maximum Gasteiger partial charge on any atom is 0.460 e. The van der Waals surface area contributed by atoms with Crippen molar-refractivity contribution in [3.63, 3.8) is 0 Å². The monoisotopic (exact) mass is 645 g/mol. The lowest BCUT2D eigenvalue weighted by atomic mass is 9.87. The lowest BCUT2D eigenvalue weighted by Crippen LogP contribution is -2.74. The second kappa shape index (κ2) is 10.4. The Labute approximate surface area is 221 Å². The van der Waals surface area contributed by atoms with Gasteiger partial charge in [0.15, 0.2) is 0 Å². The molecule has 0 heterocycles. The molecule has 2 aromatic rings. The Hall–Kier alpha value is -3.48. The van der Waals surface area contributed by atoms with Gasteiger partial charge in [0.2, 0.25) is 0 Å². The number of rotatable bonds is 11. The van der Waals surface area contributed by atoms with Crippen LogP contribution in [0.1, 0.15) is 21.5 Å². The predicted octanol–water partition coefficient (Wildman–Crippen LogP) is 8.46. The van der Waals surface area contributed by atoms with Crippen molar-refractivity contribution in [1.29, 1.82) is 0 Å². The lowest BCUT2D eigenvalue weighted by molar-refractivity contribution is -0.462. The standard InChI is InChI=1S/C22H12F17NO2/c23-15(24,12-5-7-13(8-6-12)40-9-10-1-3-11(4-2-10)14(41)42)16(25,26)17(27,28)18(29,30)19(31,32)20(33,34)21(35,36)22(37,38)39/h1-8,40H,9H2,(H,41,42). The van der Waals surface area contributed by atoms with Gasteiger partial charge < -0.3 is 10.4 Å². The predicted molar refractivity (Wildman–Crippen MR) is 107 cm³/mol. The fourth-order valence-corrected chi connectivity index (χ4v) is 3.11. The summed E-state index contributed by atoms with van der Waals surface area (Å²) in [6.45, 7) is -0.206. The van der Waals surface area contributed by atoms with Gasteiger partial charge >= 0.3 is 53.6 Å². The van der Waals surface area contributed by atoms with Crippen LogP contribution in [0.3, 0.4) is 0 Å². The number of nitrogens with one attached hydrogen (secondary N) is 1. The first-order valence-electron chi connectivity index (χ1n) is 10.5. The average Bonchev–Trinajstić information content (AvgIpc) is 2.86. The number of anilines is 1. The molecule has 2 aromatic carbocycles. The molecule has 0 bridgehead atoms. The summed E-state index contributed by atoms with van der Waals surface area (Å²) in [6.07, 6.45) is -7.81. The van der Waals surface area contributed by atoms with E-state index in [1.165, 1.54) is 12.1 Å². The van der Waals surface area contributed by atoms with Crippen LogP contribution in [-0.2, 0) is 12.5 Å². The zero-order valence-electron chi connectivity index (χ0n) is 19.6. The lowest BCUT2D eigenvalue weighted by Gasteiger charge is -2.42. The highest BCUT2D eigenvalue weighted by Crippen LogP contribution is 2.65. The topological polar surface area (TPSA) is 49.3 Å². The van der Waals surface area contributed by atoms with Crippen LogP contribution in [-0.4, -0.2) is 52.8 Å². The van der Waals surface area contributed by atoms with Crippen molar-refractivity contribution in [3.8, 4) is 0 Å². The van der Waals surface area contributed by atoms with Crippen LogP contribution >= 0.6 is 0 Å². The van der Waals surface area contributed by atoms with Gasteiger partial charge in [-0.2, -0.15) is 74.6 Å². The first kappa shape index (κ1) is 34.7. The van der Waals surface area contributed by atoms with Crippen molar-refractivity contribution in [1.82, 2.24) is 0 Å². The Morgan fingerprint density at radius 3 is 1.31 bits per heavy atom. The molecule has 3 nitrogen and oxygen atoms in total. The highest BCUT2D eigenvalue weighted by Gasteiger charge is 2.95. The summed E-state index contributed by atoms with van der Waals surface area (Å²) >= 11 is 0. The van der Waals surface area contributed by atoms with E-state index in [0.29, 0.717) is 17.7 Å². The number of carbonyl (C=O) groups is 1. The zero-order chi connectivity index (χ0) is 33.0. The smallest absolute Gasteiger partial charge is 0.460 e. The Bertz CT molecular complexity index is 1270. The van der Waals surface area contributed by atoms with Gasteiger partial charge in [0, 0.05) is 17.8 Å². The summed E-state index contributed by atoms with van der Waals surface area (Å²) in [4.78, 5) is 10.8. The van der Waals surface area contributed by atoms with E-state index >= 15 is 0 Å². The zero-order valence-corrected chi connectivity index (χ0v) is 19.6. The first-order chi connectivity index (χ1) is 18.6. The summed E-state index contributed by atoms with van der Waals surface area (Å²) in [5.74, 6) is -58.2. The highest BCUT2D eigenvalue weighted by molar-refractivity contribution is 5.87. The van der Waals surface area contributed by atoms with Crippen LogP contribution in [0.25, 0.3) is 0 Å². The molecule has 0 aromatic heterocycles. The molecule has 20 heteroatoms. The van der Waals surface area contributed by atoms with Crippen LogP contribution in [0.4, 0.5) is 80.3 Å². The van der Waals surface area contributed by atoms with Gasteiger partial charge in [-0.15, -0.1) is 0 Å². The third kappa shape index (κ3) is 5.16. The second-order valence-corrected chi connectivity index (χ2v) is 8.45. The van der Waals surface area contributed by atoms with E-state index in [2.05, 4.69) is 5.32 Å². The summed E-state index contributed by atoms with van der Waals surface area (Å²) < 4.78 is 228. The Balaban J connectivity index is 2.40. The molecule has 0 aliphatic rings. The van der Waals surface area contributed by atoms with Gasteiger partial charge in [-0.1, -0.05) is 24.3 Å². The van der Waals surface area contributed by atoms with Crippen LogP contribution in [0.2, 0.25) is 0 Å². The number of carboxylic acid groups (broad SMARTS) is 1. The quantitative estimate of drug-likeness (QED) is 0.241. The van der Waals surface area contributed by atoms with E-state index in [1.54, 1.807) is 0 Å². The number of aromatic carboxylic acids is 1. The van der Waals surface area contributed by atoms with Crippen molar-refractivity contribution in [2.75, 3.05) is 5.32 Å². The molecule has 236 valence electrons. The van der Waals surface area contributed by atoms with Gasteiger partial charge in [-0.25, -0.2) is 4.79 Å². The fraction of sp³-hybridized carbons (Fsp3) is 0.409. The van der Waals surface area contributed by atoms with Crippen LogP contribution in [0, 0.1) is 0 Å². The van der Waals surface area contributed by atoms with Gasteiger partial charge in [0.05, 0.1) is 5.56 Å². The summed E-state index contributed by atoms with van der Waals surface area (Å²) in [6, 6.07) is 5.43. The van der Waals surface area contributed by atoms with Crippen LogP contribution in [0.5, 0.6) is 0 Å². The molecule has 2 N–H and O–H groups in total. The van der Waals surface area contributed by atoms with Crippen LogP contribution < -0.4 is 5.32 Å². The normalized spacial score (nSPS) is 14.6. The van der Waals surface area contributed by atoms with Gasteiger partial charge in [0.25, 0.3) is 0 Å². The molecule has 0 amide bonds. The number of carboxylic acids is 1. The molecule has 0 fully saturated rings. The largest absolute Gasteiger partial charge is 0.478 e. The first-order valence-corrected chi connectivity index (χ1v) is 10.5. The Morgan fingerprint density at radius 1 is 0.548 bits per heavy atom. The summed E-state index contributed by atoms with van der Waals surface area (Å²) in [5.41, 5.74) is -2.38. The number of alkyl halides is 17. The third-order valence-electron chi connectivity index (χ3n) is 5.67. The molecule has 0 radical (unpaired) electrons. The highest BCUT2D eigenvalue weighted by atomic mass is 19.4. The molecule has 0 aliphatic carbocycles. The van der Waals surface area contributed by atoms with Gasteiger partial charge in [0.1, 0.15) is 0 Å². The fourth-order valence-electron chi connectivity index (χ4n) is 3.11. The average molecular weight is 645 g/mol. The van der Waals surface area contributed by atoms with Crippen molar-refractivity contribution >= 4 is 11.7 Å². The van der Waals surface area contributed by atoms with Crippen LogP contribution in [0.15, 0.2) is 48.5 Å². The molecule has 0 unspecified atom stereocenters. The van der Waals surface area contributed by atoms with E-state index < -0.39 is 59.2 Å². The molecule has 0 saturated heterocycles. The molecule has 2 rings (SSSR count). The number of hydrogen-bond acceptors (Lipinski definition) is 2. The molecule has 0 atom stereocenters. The van der Waals surface area contributed by atoms with E-state index in [4.69, 9.17) is 5.11 Å². The molecule has 42 heavy (non-hydrogen) atoms. The van der Waals surface area contributed by atoms with E-state index in [1.807, 2.05) is 0 Å². The van der Waals surface area contributed by atoms with E-state index in [9.17, 15) is 79.4 Å². The molecular weight excluding hydrogens is 633 g/mol. The molecule has 0 aliphatic heterocycles. The minimum Gasteiger partial charge on any atom is -0.478 e. The Kier molecular flexibility index (Phi) is 8.56. The molecular formula is C22H12F17NO2. The summed E-state index contributed by atoms with van der Waals surface area (Å²) in [5, 5.41) is 11.3. The van der Waals surface area contributed by atoms with Gasteiger partial charge in [-0.05, 0) is 29.8 Å².